The van der Waals surface area contributed by atoms with Gasteiger partial charge in [0.1, 0.15) is 0 Å². The lowest BCUT2D eigenvalue weighted by molar-refractivity contribution is 0.101. The predicted molar refractivity (Wildman–Crippen MR) is 58.3 cm³/mol. The van der Waals surface area contributed by atoms with E-state index >= 15 is 0 Å². The van der Waals surface area contributed by atoms with E-state index in [1.54, 1.807) is 0 Å². The molecule has 16 heavy (non-hydrogen) atoms. The minimum absolute atomic E-state index is 0.0728. The molecule has 2 rings (SSSR count). The number of nitrogens with one attached hydrogen (secondary N) is 1. The Morgan fingerprint density at radius 2 is 2.12 bits per heavy atom. The van der Waals surface area contributed by atoms with Crippen LogP contribution in [0.1, 0.15) is 28.5 Å². The minimum Gasteiger partial charge on any atom is -0.324 e. The zero-order valence-corrected chi connectivity index (χ0v) is 9.56. The number of carbonyl (C=O) groups is 1. The van der Waals surface area contributed by atoms with E-state index in [0.717, 1.165) is 5.56 Å². The van der Waals surface area contributed by atoms with Crippen LogP contribution in [0.15, 0.2) is 10.9 Å². The number of hydrogen-bond acceptors (Lipinski definition) is 4. The Hall–Kier alpha value is -1.43. The number of sulfone groups is 1. The van der Waals surface area contributed by atoms with E-state index in [2.05, 4.69) is 4.98 Å². The fraction of sp³-hybridized carbons (Fsp3) is 0.400. The zero-order chi connectivity index (χ0) is 11.9. The molecular weight excluding hydrogens is 230 g/mol. The fourth-order valence-electron chi connectivity index (χ4n) is 1.78. The van der Waals surface area contributed by atoms with Crippen LogP contribution < -0.4 is 5.56 Å². The Bertz CT molecular complexity index is 612. The highest BCUT2D eigenvalue weighted by Crippen LogP contribution is 2.18. The summed E-state index contributed by atoms with van der Waals surface area (Å²) >= 11 is 0. The Morgan fingerprint density at radius 1 is 1.44 bits per heavy atom. The third kappa shape index (κ3) is 1.92. The number of hydrogen-bond donors (Lipinski definition) is 1. The number of rotatable bonds is 1. The molecule has 1 aromatic rings. The number of carbonyl (C=O) groups excluding carboxylic acids is 1. The lowest BCUT2D eigenvalue weighted by atomic mass is 10.1. The summed E-state index contributed by atoms with van der Waals surface area (Å²) in [4.78, 5) is 25.1. The van der Waals surface area contributed by atoms with Crippen LogP contribution >= 0.6 is 0 Å². The van der Waals surface area contributed by atoms with Crippen molar-refractivity contribution in [1.29, 1.82) is 0 Å². The van der Waals surface area contributed by atoms with E-state index in [1.807, 2.05) is 0 Å². The summed E-state index contributed by atoms with van der Waals surface area (Å²) in [6, 6.07) is 1.51. The van der Waals surface area contributed by atoms with Crippen molar-refractivity contribution in [2.24, 2.45) is 0 Å². The zero-order valence-electron chi connectivity index (χ0n) is 8.74. The van der Waals surface area contributed by atoms with Gasteiger partial charge in [0, 0.05) is 5.69 Å². The summed E-state index contributed by atoms with van der Waals surface area (Å²) in [5.41, 5.74) is 0.752. The van der Waals surface area contributed by atoms with E-state index in [1.165, 1.54) is 13.0 Å². The largest absolute Gasteiger partial charge is 0.324 e. The van der Waals surface area contributed by atoms with Gasteiger partial charge in [0.05, 0.1) is 17.1 Å². The van der Waals surface area contributed by atoms with Gasteiger partial charge in [0.25, 0.3) is 5.56 Å². The second kappa shape index (κ2) is 3.55. The van der Waals surface area contributed by atoms with Gasteiger partial charge in [-0.05, 0) is 25.0 Å². The van der Waals surface area contributed by atoms with Crippen LogP contribution in [0.4, 0.5) is 0 Å². The molecule has 0 atom stereocenters. The van der Waals surface area contributed by atoms with Gasteiger partial charge in [-0.1, -0.05) is 0 Å². The molecule has 0 radical (unpaired) electrons. The van der Waals surface area contributed by atoms with Crippen molar-refractivity contribution in [2.75, 3.05) is 5.75 Å². The van der Waals surface area contributed by atoms with Crippen molar-refractivity contribution in [1.82, 2.24) is 4.98 Å². The molecule has 86 valence electrons. The third-order valence-electron chi connectivity index (χ3n) is 2.64. The van der Waals surface area contributed by atoms with Crippen LogP contribution in [-0.2, 0) is 22.0 Å². The lowest BCUT2D eigenvalue weighted by Gasteiger charge is -2.16. The standard InChI is InChI=1S/C10H11NO4S/c1-6(12)8-4-7-2-3-16(14,15)5-9(7)11-10(8)13/h4H,2-3,5H2,1H3,(H,11,13). The second-order valence-electron chi connectivity index (χ2n) is 3.91. The molecule has 1 aliphatic heterocycles. The topological polar surface area (TPSA) is 84.1 Å². The first-order valence-corrected chi connectivity index (χ1v) is 6.67. The number of fused-ring (bicyclic) bond motifs is 1. The molecule has 1 aliphatic rings. The third-order valence-corrected chi connectivity index (χ3v) is 4.20. The first-order chi connectivity index (χ1) is 7.39. The van der Waals surface area contributed by atoms with Gasteiger partial charge in [-0.3, -0.25) is 9.59 Å². The molecule has 0 spiro atoms. The number of H-pyrrole nitrogens is 1. The molecule has 5 nitrogen and oxygen atoms in total. The smallest absolute Gasteiger partial charge is 0.259 e. The molecule has 0 aliphatic carbocycles. The number of pyridine rings is 1. The van der Waals surface area contributed by atoms with Gasteiger partial charge < -0.3 is 4.98 Å². The molecular formula is C10H11NO4S. The van der Waals surface area contributed by atoms with Gasteiger partial charge in [-0.25, -0.2) is 8.42 Å². The van der Waals surface area contributed by atoms with Crippen molar-refractivity contribution >= 4 is 15.6 Å². The molecule has 0 saturated heterocycles. The Kier molecular flexibility index (Phi) is 2.46. The van der Waals surface area contributed by atoms with Gasteiger partial charge in [-0.15, -0.1) is 0 Å². The summed E-state index contributed by atoms with van der Waals surface area (Å²) in [5, 5.41) is 0. The van der Waals surface area contributed by atoms with Crippen molar-refractivity contribution in [3.8, 4) is 0 Å². The lowest BCUT2D eigenvalue weighted by Crippen LogP contribution is -2.26. The average Bonchev–Trinajstić information content (AvgIpc) is 2.14. The number of aryl methyl sites for hydroxylation is 1. The SMILES string of the molecule is CC(=O)c1cc2c([nH]c1=O)CS(=O)(=O)CC2. The van der Waals surface area contributed by atoms with Crippen LogP contribution in [0.5, 0.6) is 0 Å². The number of aromatic nitrogens is 1. The Morgan fingerprint density at radius 3 is 2.75 bits per heavy atom. The average molecular weight is 241 g/mol. The number of Topliss-reactive ketones (excluding diaryl/α,β-unsaturated/α-hetero) is 1. The van der Waals surface area contributed by atoms with Gasteiger partial charge >= 0.3 is 0 Å². The first kappa shape index (κ1) is 11.1. The number of aromatic amines is 1. The van der Waals surface area contributed by atoms with Crippen LogP contribution in [-0.4, -0.2) is 24.9 Å². The molecule has 0 aromatic carbocycles. The highest BCUT2D eigenvalue weighted by Gasteiger charge is 2.23. The maximum atomic E-state index is 11.5. The normalized spacial score (nSPS) is 17.8. The molecule has 6 heteroatoms. The van der Waals surface area contributed by atoms with Crippen molar-refractivity contribution in [2.45, 2.75) is 19.1 Å². The van der Waals surface area contributed by atoms with E-state index in [4.69, 9.17) is 0 Å². The summed E-state index contributed by atoms with van der Waals surface area (Å²) < 4.78 is 22.7. The van der Waals surface area contributed by atoms with E-state index in [9.17, 15) is 18.0 Å². The van der Waals surface area contributed by atoms with Gasteiger partial charge in [0.2, 0.25) is 0 Å². The Labute approximate surface area is 92.4 Å². The fourth-order valence-corrected chi connectivity index (χ4v) is 3.16. The molecule has 0 bridgehead atoms. The Balaban J connectivity index is 2.59. The maximum absolute atomic E-state index is 11.5. The monoisotopic (exact) mass is 241 g/mol. The van der Waals surface area contributed by atoms with Crippen LogP contribution in [0, 0.1) is 0 Å². The molecule has 2 heterocycles. The highest BCUT2D eigenvalue weighted by atomic mass is 32.2. The van der Waals surface area contributed by atoms with Crippen LogP contribution in [0.25, 0.3) is 0 Å². The van der Waals surface area contributed by atoms with Gasteiger partial charge in [0.15, 0.2) is 15.6 Å². The maximum Gasteiger partial charge on any atom is 0.259 e. The summed E-state index contributed by atoms with van der Waals surface area (Å²) in [6.07, 6.45) is 0.356. The molecule has 0 amide bonds. The van der Waals surface area contributed by atoms with E-state index < -0.39 is 15.4 Å². The summed E-state index contributed by atoms with van der Waals surface area (Å²) in [7, 11) is -3.10. The quantitative estimate of drug-likeness (QED) is 0.704. The van der Waals surface area contributed by atoms with E-state index in [-0.39, 0.29) is 22.9 Å². The van der Waals surface area contributed by atoms with Crippen molar-refractivity contribution in [3.63, 3.8) is 0 Å². The van der Waals surface area contributed by atoms with Crippen LogP contribution in [0.3, 0.4) is 0 Å². The summed E-state index contributed by atoms with van der Waals surface area (Å²) in [6.45, 7) is 1.32. The van der Waals surface area contributed by atoms with Crippen molar-refractivity contribution < 1.29 is 13.2 Å². The summed E-state index contributed by atoms with van der Waals surface area (Å²) in [5.74, 6) is -0.378. The van der Waals surface area contributed by atoms with E-state index in [0.29, 0.717) is 12.1 Å². The first-order valence-electron chi connectivity index (χ1n) is 4.85. The molecule has 0 fully saturated rings. The van der Waals surface area contributed by atoms with Crippen LogP contribution in [0.2, 0.25) is 0 Å². The van der Waals surface area contributed by atoms with Gasteiger partial charge in [-0.2, -0.15) is 0 Å². The van der Waals surface area contributed by atoms with Crippen molar-refractivity contribution in [3.05, 3.63) is 33.2 Å². The molecule has 0 unspecified atom stereocenters. The molecule has 1 aromatic heterocycles. The minimum atomic E-state index is -3.10. The number of ketones is 1. The highest BCUT2D eigenvalue weighted by molar-refractivity contribution is 7.90. The molecule has 1 N–H and O–H groups in total. The second-order valence-corrected chi connectivity index (χ2v) is 6.10. The molecule has 0 saturated carbocycles. The predicted octanol–water partition coefficient (Wildman–Crippen LogP) is 0.0484.